The number of thioether (sulfide) groups is 1. The first-order valence-electron chi connectivity index (χ1n) is 11.2. The van der Waals surface area contributed by atoms with Gasteiger partial charge in [0, 0.05) is 18.2 Å². The Hall–Kier alpha value is -2.86. The molecule has 2 aromatic carbocycles. The Morgan fingerprint density at radius 2 is 1.70 bits per heavy atom. The topological polar surface area (TPSA) is 75.3 Å². The number of amides is 3. The molecule has 0 bridgehead atoms. The Kier molecular flexibility index (Phi) is 5.77. The molecule has 33 heavy (non-hydrogen) atoms. The summed E-state index contributed by atoms with van der Waals surface area (Å²) in [6.45, 7) is 12.7. The van der Waals surface area contributed by atoms with Crippen molar-refractivity contribution in [2.75, 3.05) is 5.32 Å². The lowest BCUT2D eigenvalue weighted by Gasteiger charge is -2.42. The van der Waals surface area contributed by atoms with Gasteiger partial charge in [-0.3, -0.25) is 19.7 Å². The van der Waals surface area contributed by atoms with E-state index >= 15 is 0 Å². The summed E-state index contributed by atoms with van der Waals surface area (Å²) in [4.78, 5) is 36.3. The summed E-state index contributed by atoms with van der Waals surface area (Å²) in [5.41, 5.74) is 7.26. The van der Waals surface area contributed by atoms with Crippen molar-refractivity contribution in [1.29, 1.82) is 0 Å². The highest BCUT2D eigenvalue weighted by molar-refractivity contribution is 8.18. The molecule has 1 fully saturated rings. The van der Waals surface area contributed by atoms with E-state index in [-0.39, 0.29) is 22.0 Å². The highest BCUT2D eigenvalue weighted by atomic mass is 32.2. The van der Waals surface area contributed by atoms with E-state index in [1.807, 2.05) is 18.2 Å². The molecule has 5 nitrogen and oxygen atoms in total. The quantitative estimate of drug-likeness (QED) is 0.525. The van der Waals surface area contributed by atoms with E-state index in [0.717, 1.165) is 46.9 Å². The van der Waals surface area contributed by atoms with Gasteiger partial charge in [0.1, 0.15) is 0 Å². The third kappa shape index (κ3) is 4.36. The Bertz CT molecular complexity index is 1220. The number of anilines is 1. The van der Waals surface area contributed by atoms with Crippen molar-refractivity contribution in [3.63, 3.8) is 0 Å². The van der Waals surface area contributed by atoms with Gasteiger partial charge < -0.3 is 5.32 Å². The number of fused-ring (bicyclic) bond motifs is 1. The molecule has 4 rings (SSSR count). The van der Waals surface area contributed by atoms with Crippen LogP contribution in [0.3, 0.4) is 0 Å². The fraction of sp³-hybridized carbons (Fsp3) is 0.370. The lowest BCUT2D eigenvalue weighted by molar-refractivity contribution is -0.115. The van der Waals surface area contributed by atoms with E-state index in [0.29, 0.717) is 10.6 Å². The SMILES string of the molecule is CC(=O)Nc1cccc(/C=C2\SC(=O)NC2=O)c1-c1cc2c(cc1C)C(C)(C)CCC2(C)C. The van der Waals surface area contributed by atoms with Crippen molar-refractivity contribution < 1.29 is 14.4 Å². The van der Waals surface area contributed by atoms with Crippen LogP contribution in [0.2, 0.25) is 0 Å². The van der Waals surface area contributed by atoms with Crippen molar-refractivity contribution in [2.45, 2.75) is 65.2 Å². The van der Waals surface area contributed by atoms with Crippen LogP contribution in [0.4, 0.5) is 10.5 Å². The normalized spacial score (nSPS) is 19.9. The minimum atomic E-state index is -0.397. The molecule has 0 spiro atoms. The minimum Gasteiger partial charge on any atom is -0.326 e. The Labute approximate surface area is 199 Å². The maximum absolute atomic E-state index is 12.2. The zero-order valence-corrected chi connectivity index (χ0v) is 20.8. The molecule has 172 valence electrons. The summed E-state index contributed by atoms with van der Waals surface area (Å²) in [5.74, 6) is -0.563. The zero-order chi connectivity index (χ0) is 24.1. The molecule has 0 unspecified atom stereocenters. The van der Waals surface area contributed by atoms with Crippen LogP contribution in [0, 0.1) is 6.92 Å². The molecule has 1 saturated heterocycles. The number of hydrogen-bond donors (Lipinski definition) is 2. The van der Waals surface area contributed by atoms with Gasteiger partial charge in [-0.15, -0.1) is 0 Å². The second kappa shape index (κ2) is 8.17. The van der Waals surface area contributed by atoms with E-state index in [9.17, 15) is 14.4 Å². The molecule has 2 aliphatic rings. The van der Waals surface area contributed by atoms with Crippen molar-refractivity contribution >= 4 is 40.6 Å². The van der Waals surface area contributed by atoms with Gasteiger partial charge in [0.15, 0.2) is 0 Å². The summed E-state index contributed by atoms with van der Waals surface area (Å²) < 4.78 is 0. The van der Waals surface area contributed by atoms with E-state index in [2.05, 4.69) is 57.4 Å². The molecule has 1 aliphatic heterocycles. The summed E-state index contributed by atoms with van der Waals surface area (Å²) in [5, 5.41) is 4.90. The predicted octanol–water partition coefficient (Wildman–Crippen LogP) is 6.29. The average molecular weight is 463 g/mol. The molecule has 0 radical (unpaired) electrons. The number of benzene rings is 2. The first-order valence-corrected chi connectivity index (χ1v) is 12.0. The van der Waals surface area contributed by atoms with Gasteiger partial charge in [-0.05, 0) is 88.4 Å². The van der Waals surface area contributed by atoms with Crippen molar-refractivity contribution in [2.24, 2.45) is 0 Å². The van der Waals surface area contributed by atoms with Gasteiger partial charge in [0.05, 0.1) is 4.91 Å². The number of imide groups is 1. The third-order valence-corrected chi connectivity index (χ3v) is 7.61. The average Bonchev–Trinajstić information content (AvgIpc) is 3.02. The summed E-state index contributed by atoms with van der Waals surface area (Å²) in [6, 6.07) is 10.2. The number of carbonyl (C=O) groups excluding carboxylic acids is 3. The van der Waals surface area contributed by atoms with Crippen LogP contribution < -0.4 is 10.6 Å². The number of carbonyl (C=O) groups is 3. The first kappa shape index (κ1) is 23.3. The molecule has 0 aromatic heterocycles. The highest BCUT2D eigenvalue weighted by Crippen LogP contribution is 2.48. The second-order valence-electron chi connectivity index (χ2n) is 10.3. The van der Waals surface area contributed by atoms with Crippen molar-refractivity contribution in [3.8, 4) is 11.1 Å². The summed E-state index contributed by atoms with van der Waals surface area (Å²) in [6.07, 6.45) is 3.96. The molecule has 0 saturated carbocycles. The fourth-order valence-electron chi connectivity index (χ4n) is 4.84. The Balaban J connectivity index is 1.99. The van der Waals surface area contributed by atoms with Crippen LogP contribution in [0.1, 0.15) is 69.7 Å². The van der Waals surface area contributed by atoms with E-state index in [1.54, 1.807) is 6.08 Å². The van der Waals surface area contributed by atoms with Crippen molar-refractivity contribution in [1.82, 2.24) is 5.32 Å². The van der Waals surface area contributed by atoms with Gasteiger partial charge in [0.2, 0.25) is 5.91 Å². The first-order chi connectivity index (χ1) is 15.4. The van der Waals surface area contributed by atoms with Crippen LogP contribution in [-0.2, 0) is 20.4 Å². The molecule has 1 aliphatic carbocycles. The smallest absolute Gasteiger partial charge is 0.290 e. The molecule has 0 atom stereocenters. The maximum Gasteiger partial charge on any atom is 0.290 e. The summed E-state index contributed by atoms with van der Waals surface area (Å²) in [7, 11) is 0. The lowest BCUT2D eigenvalue weighted by Crippen LogP contribution is -2.34. The second-order valence-corrected chi connectivity index (χ2v) is 11.3. The monoisotopic (exact) mass is 462 g/mol. The Morgan fingerprint density at radius 3 is 2.27 bits per heavy atom. The third-order valence-electron chi connectivity index (χ3n) is 6.80. The van der Waals surface area contributed by atoms with Gasteiger partial charge >= 0.3 is 0 Å². The molecule has 3 amide bonds. The Morgan fingerprint density at radius 1 is 1.06 bits per heavy atom. The van der Waals surface area contributed by atoms with Crippen LogP contribution in [0.15, 0.2) is 35.2 Å². The number of nitrogens with one attached hydrogen (secondary N) is 2. The molecule has 2 aromatic rings. The molecular formula is C27H30N2O3S. The van der Waals surface area contributed by atoms with Gasteiger partial charge in [-0.2, -0.15) is 0 Å². The van der Waals surface area contributed by atoms with Gasteiger partial charge in [-0.25, -0.2) is 0 Å². The highest BCUT2D eigenvalue weighted by Gasteiger charge is 2.37. The number of rotatable bonds is 3. The largest absolute Gasteiger partial charge is 0.326 e. The minimum absolute atomic E-state index is 0.0302. The van der Waals surface area contributed by atoms with Crippen LogP contribution in [-0.4, -0.2) is 17.1 Å². The predicted molar refractivity (Wildman–Crippen MR) is 135 cm³/mol. The molecular weight excluding hydrogens is 432 g/mol. The van der Waals surface area contributed by atoms with Crippen molar-refractivity contribution in [3.05, 3.63) is 57.5 Å². The maximum atomic E-state index is 12.2. The summed E-state index contributed by atoms with van der Waals surface area (Å²) >= 11 is 0.893. The van der Waals surface area contributed by atoms with Gasteiger partial charge in [0.25, 0.3) is 11.1 Å². The number of aryl methyl sites for hydroxylation is 1. The van der Waals surface area contributed by atoms with E-state index in [1.165, 1.54) is 18.1 Å². The molecule has 2 N–H and O–H groups in total. The van der Waals surface area contributed by atoms with E-state index < -0.39 is 5.91 Å². The standard InChI is InChI=1S/C27H30N2O3S/c1-15-12-19-20(27(5,6)11-10-26(19,3)4)14-18(15)23-17(8-7-9-21(23)28-16(2)30)13-22-24(31)29-25(32)33-22/h7-9,12-14H,10-11H2,1-6H3,(H,28,30)(H,29,31,32)/b22-13-. The fourth-order valence-corrected chi connectivity index (χ4v) is 5.51. The number of hydrogen-bond acceptors (Lipinski definition) is 4. The van der Waals surface area contributed by atoms with Crippen LogP contribution >= 0.6 is 11.8 Å². The van der Waals surface area contributed by atoms with Gasteiger partial charge in [-0.1, -0.05) is 45.9 Å². The van der Waals surface area contributed by atoms with Crippen LogP contribution in [0.25, 0.3) is 17.2 Å². The zero-order valence-electron chi connectivity index (χ0n) is 20.0. The van der Waals surface area contributed by atoms with E-state index in [4.69, 9.17) is 0 Å². The van der Waals surface area contributed by atoms with Crippen LogP contribution in [0.5, 0.6) is 0 Å². The molecule has 1 heterocycles. The lowest BCUT2D eigenvalue weighted by atomic mass is 9.62. The molecule has 6 heteroatoms.